The topological polar surface area (TPSA) is 50.4 Å². The van der Waals surface area contributed by atoms with Crippen molar-refractivity contribution in [3.05, 3.63) is 52.8 Å². The van der Waals surface area contributed by atoms with Crippen LogP contribution >= 0.6 is 11.6 Å². The number of nitrogens with one attached hydrogen (secondary N) is 2. The molecule has 4 nitrogen and oxygen atoms in total. The number of carbonyl (C=O) groups excluding carboxylic acids is 1. The van der Waals surface area contributed by atoms with Crippen LogP contribution in [0.25, 0.3) is 0 Å². The lowest BCUT2D eigenvalue weighted by Crippen LogP contribution is -2.25. The van der Waals surface area contributed by atoms with E-state index in [4.69, 9.17) is 16.3 Å². The molecule has 0 aromatic heterocycles. The summed E-state index contributed by atoms with van der Waals surface area (Å²) in [4.78, 5) is 11.2. The highest BCUT2D eigenvalue weighted by Crippen LogP contribution is 2.36. The van der Waals surface area contributed by atoms with Crippen LogP contribution in [0.3, 0.4) is 0 Å². The summed E-state index contributed by atoms with van der Waals surface area (Å²) in [5.74, 6) is 0.0664. The van der Waals surface area contributed by atoms with Crippen LogP contribution in [-0.4, -0.2) is 12.5 Å². The van der Waals surface area contributed by atoms with Crippen LogP contribution in [0.1, 0.15) is 5.56 Å². The lowest BCUT2D eigenvalue weighted by Gasteiger charge is -2.20. The first-order valence-corrected chi connectivity index (χ1v) is 6.74. The quantitative estimate of drug-likeness (QED) is 0.913. The average Bonchev–Trinajstić information content (AvgIpc) is 2.45. The number of anilines is 2. The molecule has 0 aliphatic carbocycles. The Hall–Kier alpha value is -2.27. The highest BCUT2D eigenvalue weighted by atomic mass is 35.5. The summed E-state index contributed by atoms with van der Waals surface area (Å²) in [7, 11) is 0. The number of carbonyl (C=O) groups is 1. The average molecular weight is 307 g/mol. The summed E-state index contributed by atoms with van der Waals surface area (Å²) in [6.07, 6.45) is 0. The summed E-state index contributed by atoms with van der Waals surface area (Å²) >= 11 is 6.16. The highest BCUT2D eigenvalue weighted by Gasteiger charge is 2.18. The predicted octanol–water partition coefficient (Wildman–Crippen LogP) is 3.42. The minimum atomic E-state index is -0.281. The standard InChI is InChI=1S/C15H12ClFN2O2/c16-11-5-13-14(21-8-15(20)19-13)6-12(11)18-7-9-2-1-3-10(17)4-9/h1-6,18H,7-8H2,(H,19,20). The number of benzene rings is 2. The van der Waals surface area contributed by atoms with Gasteiger partial charge in [0.1, 0.15) is 11.6 Å². The first-order valence-electron chi connectivity index (χ1n) is 6.36. The van der Waals surface area contributed by atoms with Crippen LogP contribution in [0.2, 0.25) is 5.02 Å². The Morgan fingerprint density at radius 1 is 1.33 bits per heavy atom. The molecular formula is C15H12ClFN2O2. The van der Waals surface area contributed by atoms with E-state index in [0.717, 1.165) is 5.56 Å². The highest BCUT2D eigenvalue weighted by molar-refractivity contribution is 6.33. The normalized spacial score (nSPS) is 13.1. The largest absolute Gasteiger partial charge is 0.482 e. The Labute approximate surface area is 125 Å². The number of fused-ring (bicyclic) bond motifs is 1. The monoisotopic (exact) mass is 306 g/mol. The molecule has 0 saturated carbocycles. The molecule has 0 unspecified atom stereocenters. The predicted molar refractivity (Wildman–Crippen MR) is 79.3 cm³/mol. The molecule has 0 bridgehead atoms. The fraction of sp³-hybridized carbons (Fsp3) is 0.133. The fourth-order valence-electron chi connectivity index (χ4n) is 2.08. The van der Waals surface area contributed by atoms with Gasteiger partial charge in [0.05, 0.1) is 16.4 Å². The molecule has 21 heavy (non-hydrogen) atoms. The summed E-state index contributed by atoms with van der Waals surface area (Å²) in [6.45, 7) is 0.417. The number of rotatable bonds is 3. The summed E-state index contributed by atoms with van der Waals surface area (Å²) in [5, 5.41) is 6.26. The molecule has 0 atom stereocenters. The lowest BCUT2D eigenvalue weighted by molar-refractivity contribution is -0.118. The van der Waals surface area contributed by atoms with Crippen LogP contribution in [-0.2, 0) is 11.3 Å². The molecule has 0 saturated heterocycles. The Morgan fingerprint density at radius 3 is 3.00 bits per heavy atom. The van der Waals surface area contributed by atoms with Crippen molar-refractivity contribution in [3.63, 3.8) is 0 Å². The maximum absolute atomic E-state index is 13.1. The molecule has 0 spiro atoms. The molecule has 1 heterocycles. The zero-order valence-electron chi connectivity index (χ0n) is 11.0. The van der Waals surface area contributed by atoms with Crippen molar-refractivity contribution in [2.45, 2.75) is 6.54 Å². The molecule has 3 rings (SSSR count). The van der Waals surface area contributed by atoms with E-state index in [-0.39, 0.29) is 18.3 Å². The maximum Gasteiger partial charge on any atom is 0.262 e. The van der Waals surface area contributed by atoms with E-state index in [1.54, 1.807) is 18.2 Å². The first-order chi connectivity index (χ1) is 10.1. The van der Waals surface area contributed by atoms with Crippen molar-refractivity contribution in [2.24, 2.45) is 0 Å². The Bertz CT molecular complexity index is 706. The number of hydrogen-bond acceptors (Lipinski definition) is 3. The first kappa shape index (κ1) is 13.7. The van der Waals surface area contributed by atoms with E-state index in [1.165, 1.54) is 12.1 Å². The van der Waals surface area contributed by atoms with Gasteiger partial charge < -0.3 is 15.4 Å². The van der Waals surface area contributed by atoms with E-state index in [9.17, 15) is 9.18 Å². The van der Waals surface area contributed by atoms with Gasteiger partial charge in [-0.2, -0.15) is 0 Å². The Kier molecular flexibility index (Phi) is 3.66. The summed E-state index contributed by atoms with van der Waals surface area (Å²) < 4.78 is 18.5. The lowest BCUT2D eigenvalue weighted by atomic mass is 10.2. The van der Waals surface area contributed by atoms with Crippen molar-refractivity contribution in [1.82, 2.24) is 0 Å². The third-order valence-electron chi connectivity index (χ3n) is 3.07. The second kappa shape index (κ2) is 5.61. The van der Waals surface area contributed by atoms with Crippen LogP contribution in [0.15, 0.2) is 36.4 Å². The van der Waals surface area contributed by atoms with Crippen molar-refractivity contribution >= 4 is 28.9 Å². The van der Waals surface area contributed by atoms with Gasteiger partial charge in [0.2, 0.25) is 0 Å². The maximum atomic E-state index is 13.1. The third-order valence-corrected chi connectivity index (χ3v) is 3.39. The smallest absolute Gasteiger partial charge is 0.262 e. The summed E-state index contributed by atoms with van der Waals surface area (Å²) in [5.41, 5.74) is 2.02. The zero-order valence-corrected chi connectivity index (χ0v) is 11.7. The van der Waals surface area contributed by atoms with Gasteiger partial charge in [0, 0.05) is 12.6 Å². The Balaban J connectivity index is 1.78. The minimum Gasteiger partial charge on any atom is -0.482 e. The van der Waals surface area contributed by atoms with Crippen LogP contribution in [0.4, 0.5) is 15.8 Å². The van der Waals surface area contributed by atoms with Gasteiger partial charge in [-0.3, -0.25) is 4.79 Å². The molecule has 1 aliphatic rings. The van der Waals surface area contributed by atoms with E-state index < -0.39 is 0 Å². The van der Waals surface area contributed by atoms with Gasteiger partial charge in [-0.25, -0.2) is 4.39 Å². The second-order valence-electron chi connectivity index (χ2n) is 4.65. The van der Waals surface area contributed by atoms with E-state index >= 15 is 0 Å². The second-order valence-corrected chi connectivity index (χ2v) is 5.06. The fourth-order valence-corrected chi connectivity index (χ4v) is 2.31. The van der Waals surface area contributed by atoms with E-state index in [2.05, 4.69) is 10.6 Å². The minimum absolute atomic E-state index is 0.0159. The molecular weight excluding hydrogens is 295 g/mol. The molecule has 2 N–H and O–H groups in total. The van der Waals surface area contributed by atoms with E-state index in [0.29, 0.717) is 28.7 Å². The SMILES string of the molecule is O=C1COc2cc(NCc3cccc(F)c3)c(Cl)cc2N1. The van der Waals surface area contributed by atoms with Gasteiger partial charge in [-0.05, 0) is 23.8 Å². The van der Waals surface area contributed by atoms with Crippen molar-refractivity contribution < 1.29 is 13.9 Å². The molecule has 0 fully saturated rings. The van der Waals surface area contributed by atoms with Crippen LogP contribution < -0.4 is 15.4 Å². The zero-order chi connectivity index (χ0) is 14.8. The van der Waals surface area contributed by atoms with Gasteiger partial charge in [0.25, 0.3) is 5.91 Å². The van der Waals surface area contributed by atoms with Gasteiger partial charge >= 0.3 is 0 Å². The number of amides is 1. The molecule has 6 heteroatoms. The van der Waals surface area contributed by atoms with Crippen molar-refractivity contribution in [1.29, 1.82) is 0 Å². The van der Waals surface area contributed by atoms with Crippen LogP contribution in [0, 0.1) is 5.82 Å². The third kappa shape index (κ3) is 3.08. The number of halogens is 2. The van der Waals surface area contributed by atoms with Gasteiger partial charge in [0.15, 0.2) is 6.61 Å². The van der Waals surface area contributed by atoms with Crippen molar-refractivity contribution in [3.8, 4) is 5.75 Å². The number of ether oxygens (including phenoxy) is 1. The van der Waals surface area contributed by atoms with E-state index in [1.807, 2.05) is 6.07 Å². The number of hydrogen-bond donors (Lipinski definition) is 2. The molecule has 1 aliphatic heterocycles. The molecule has 2 aromatic carbocycles. The Morgan fingerprint density at radius 2 is 2.19 bits per heavy atom. The molecule has 1 amide bonds. The summed E-state index contributed by atoms with van der Waals surface area (Å²) in [6, 6.07) is 9.67. The molecule has 108 valence electrons. The van der Waals surface area contributed by atoms with Crippen LogP contribution in [0.5, 0.6) is 5.75 Å². The van der Waals surface area contributed by atoms with Gasteiger partial charge in [-0.15, -0.1) is 0 Å². The van der Waals surface area contributed by atoms with Crippen molar-refractivity contribution in [2.75, 3.05) is 17.2 Å². The molecule has 2 aromatic rings. The molecule has 0 radical (unpaired) electrons. The van der Waals surface area contributed by atoms with Gasteiger partial charge in [-0.1, -0.05) is 23.7 Å².